The zero-order valence-corrected chi connectivity index (χ0v) is 14.1. The number of hydrogen-bond donors (Lipinski definition) is 0. The second-order valence-corrected chi connectivity index (χ2v) is 12.1. The summed E-state index contributed by atoms with van der Waals surface area (Å²) in [6, 6.07) is 7.94. The predicted molar refractivity (Wildman–Crippen MR) is 78.1 cm³/mol. The lowest BCUT2D eigenvalue weighted by Gasteiger charge is -2.21. The van der Waals surface area contributed by atoms with Crippen LogP contribution in [0.5, 0.6) is 0 Å². The lowest BCUT2D eigenvalue weighted by atomic mass is 10.1. The maximum absolute atomic E-state index is 13.2. The molecule has 0 amide bonds. The van der Waals surface area contributed by atoms with Gasteiger partial charge in [-0.2, -0.15) is 13.2 Å². The molecule has 1 rings (SSSR count). The molecule has 0 spiro atoms. The molecule has 19 heavy (non-hydrogen) atoms. The first-order valence-corrected chi connectivity index (χ1v) is 10.8. The normalized spacial score (nSPS) is 14.9. The van der Waals surface area contributed by atoms with Gasteiger partial charge in [-0.25, -0.2) is 0 Å². The molecule has 0 aliphatic heterocycles. The Kier molecular flexibility index (Phi) is 5.17. The first kappa shape index (κ1) is 16.2. The third kappa shape index (κ3) is 5.34. The highest BCUT2D eigenvalue weighted by molar-refractivity contribution is 6.74. The van der Waals surface area contributed by atoms with Crippen LogP contribution in [-0.2, 0) is 4.12 Å². The van der Waals surface area contributed by atoms with Gasteiger partial charge in [-0.1, -0.05) is 35.5 Å². The molecule has 1 aromatic rings. The van der Waals surface area contributed by atoms with Crippen molar-refractivity contribution in [2.24, 2.45) is 0 Å². The van der Waals surface area contributed by atoms with Crippen molar-refractivity contribution in [3.05, 3.63) is 41.1 Å². The van der Waals surface area contributed by atoms with Crippen molar-refractivity contribution in [2.75, 3.05) is 0 Å². The lowest BCUT2D eigenvalue weighted by molar-refractivity contribution is -0.0692. The van der Waals surface area contributed by atoms with Gasteiger partial charge in [-0.3, -0.25) is 0 Å². The molecule has 106 valence electrons. The minimum absolute atomic E-state index is 0.221. The van der Waals surface area contributed by atoms with E-state index in [1.165, 1.54) is 12.1 Å². The molecule has 0 saturated carbocycles. The topological polar surface area (TPSA) is 9.23 Å². The molecule has 0 N–H and O–H groups in total. The van der Waals surface area contributed by atoms with Crippen LogP contribution in [0.3, 0.4) is 0 Å². The fourth-order valence-electron chi connectivity index (χ4n) is 1.65. The van der Waals surface area contributed by atoms with Crippen molar-refractivity contribution in [1.29, 1.82) is 0 Å². The highest BCUT2D eigenvalue weighted by Gasteiger charge is 2.36. The molecule has 0 aliphatic carbocycles. The Morgan fingerprint density at radius 2 is 1.63 bits per heavy atom. The quantitative estimate of drug-likeness (QED) is 0.766. The number of hydrogen-bond acceptors (Lipinski definition) is 1. The van der Waals surface area contributed by atoms with Gasteiger partial charge in [0.15, 0.2) is 18.1 Å². The van der Waals surface area contributed by atoms with E-state index in [2.05, 4.69) is 0 Å². The van der Waals surface area contributed by atoms with Gasteiger partial charge in [-0.15, -0.1) is 0 Å². The molecule has 6 heteroatoms. The minimum atomic E-state index is -4.33. The highest BCUT2D eigenvalue weighted by atomic mass is 28.4. The van der Waals surface area contributed by atoms with Crippen LogP contribution in [0.1, 0.15) is 12.5 Å². The van der Waals surface area contributed by atoms with Crippen LogP contribution in [0.2, 0.25) is 19.6 Å². The van der Waals surface area contributed by atoms with Gasteiger partial charge < -0.3 is 4.12 Å². The van der Waals surface area contributed by atoms with Gasteiger partial charge in [0.2, 0.25) is 0 Å². The average Bonchev–Trinajstić information content (AvgIpc) is 2.25. The van der Waals surface area contributed by atoms with Crippen molar-refractivity contribution >= 4 is 23.7 Å². The lowest BCUT2D eigenvalue weighted by Crippen LogP contribution is -2.29. The van der Waals surface area contributed by atoms with Crippen LogP contribution < -0.4 is 0 Å². The number of allylic oxidation sites excluding steroid dienone is 2. The number of alkyl halides is 3. The van der Waals surface area contributed by atoms with Crippen LogP contribution >= 0.6 is 0 Å². The first-order valence-electron chi connectivity index (χ1n) is 6.07. The van der Waals surface area contributed by atoms with Gasteiger partial charge in [0.25, 0.3) is 0 Å². The second kappa shape index (κ2) is 6.06. The van der Waals surface area contributed by atoms with E-state index < -0.39 is 29.8 Å². The summed E-state index contributed by atoms with van der Waals surface area (Å²) < 4.78 is 45.3. The highest BCUT2D eigenvalue weighted by Crippen LogP contribution is 2.36. The smallest absolute Gasteiger partial charge is 0.416 e. The van der Waals surface area contributed by atoms with Gasteiger partial charge >= 0.3 is 6.18 Å². The summed E-state index contributed by atoms with van der Waals surface area (Å²) in [6.07, 6.45) is -4.33. The van der Waals surface area contributed by atoms with Gasteiger partial charge in [0.1, 0.15) is 0 Å². The van der Waals surface area contributed by atoms with Crippen molar-refractivity contribution < 1.29 is 17.3 Å². The first-order chi connectivity index (χ1) is 8.61. The summed E-state index contributed by atoms with van der Waals surface area (Å²) in [5.74, 6) is 0. The molecule has 0 aromatic heterocycles. The number of rotatable bonds is 4. The predicted octanol–water partition coefficient (Wildman–Crippen LogP) is 3.92. The molecular formula is C13H19F3OSi2. The molecule has 0 bridgehead atoms. The second-order valence-electron chi connectivity index (χ2n) is 5.42. The van der Waals surface area contributed by atoms with Crippen LogP contribution in [0.15, 0.2) is 35.5 Å². The molecule has 1 nitrogen and oxygen atoms in total. The molecule has 0 aliphatic rings. The summed E-state index contributed by atoms with van der Waals surface area (Å²) in [5, 5.41) is 0.362. The van der Waals surface area contributed by atoms with Crippen LogP contribution in [0, 0.1) is 0 Å². The average molecular weight is 304 g/mol. The standard InChI is InChI=1S/C13H19F3OSi2/c1-10(18-17-19(2,3)4)12(13(14,15)16)11-8-6-5-7-9-11/h5-9H,18H2,1-4H3. The number of benzene rings is 1. The van der Waals surface area contributed by atoms with Gasteiger partial charge in [0.05, 0.1) is 5.57 Å². The summed E-state index contributed by atoms with van der Waals surface area (Å²) in [6.45, 7) is 7.51. The number of halogens is 3. The van der Waals surface area contributed by atoms with Crippen LogP contribution in [0.25, 0.3) is 5.57 Å². The zero-order valence-electron chi connectivity index (χ0n) is 11.6. The summed E-state index contributed by atoms with van der Waals surface area (Å²) >= 11 is 0. The van der Waals surface area contributed by atoms with Gasteiger partial charge in [-0.05, 0) is 32.1 Å². The Hall–Kier alpha value is -0.856. The van der Waals surface area contributed by atoms with Gasteiger partial charge in [0, 0.05) is 0 Å². The Labute approximate surface area is 115 Å². The largest absolute Gasteiger partial charge is 0.457 e. The monoisotopic (exact) mass is 304 g/mol. The van der Waals surface area contributed by atoms with E-state index in [0.717, 1.165) is 0 Å². The van der Waals surface area contributed by atoms with Crippen molar-refractivity contribution in [3.8, 4) is 0 Å². The molecule has 0 unspecified atom stereocenters. The molecule has 1 aromatic carbocycles. The van der Waals surface area contributed by atoms with Crippen molar-refractivity contribution in [2.45, 2.75) is 32.7 Å². The molecule has 0 saturated heterocycles. The van der Waals surface area contributed by atoms with E-state index in [4.69, 9.17) is 4.12 Å². The fourth-order valence-corrected chi connectivity index (χ4v) is 4.80. The third-order valence-electron chi connectivity index (χ3n) is 2.49. The van der Waals surface area contributed by atoms with Crippen molar-refractivity contribution in [3.63, 3.8) is 0 Å². The minimum Gasteiger partial charge on any atom is -0.457 e. The fraction of sp³-hybridized carbons (Fsp3) is 0.385. The van der Waals surface area contributed by atoms with Crippen molar-refractivity contribution in [1.82, 2.24) is 0 Å². The maximum Gasteiger partial charge on any atom is 0.416 e. The van der Waals surface area contributed by atoms with Crippen LogP contribution in [0.4, 0.5) is 13.2 Å². The Morgan fingerprint density at radius 3 is 2.05 bits per heavy atom. The van der Waals surface area contributed by atoms with E-state index in [1.807, 2.05) is 19.6 Å². The van der Waals surface area contributed by atoms with E-state index in [9.17, 15) is 13.2 Å². The van der Waals surface area contributed by atoms with Crippen LogP contribution in [-0.4, -0.2) is 24.3 Å². The summed E-state index contributed by atoms with van der Waals surface area (Å²) in [5.41, 5.74) is -0.308. The third-order valence-corrected chi connectivity index (χ3v) is 7.32. The van der Waals surface area contributed by atoms with E-state index in [-0.39, 0.29) is 5.56 Å². The SMILES string of the molecule is CC([SiH2]O[Si](C)(C)C)=C(c1ccccc1)C(F)(F)F. The van der Waals surface area contributed by atoms with E-state index in [0.29, 0.717) is 5.20 Å². The van der Waals surface area contributed by atoms with E-state index in [1.54, 1.807) is 25.1 Å². The summed E-state index contributed by atoms with van der Waals surface area (Å²) in [7, 11) is -3.08. The zero-order chi connectivity index (χ0) is 14.7. The Bertz CT molecular complexity index is 447. The molecule has 0 atom stereocenters. The Morgan fingerprint density at radius 1 is 1.11 bits per heavy atom. The van der Waals surface area contributed by atoms with E-state index >= 15 is 0 Å². The summed E-state index contributed by atoms with van der Waals surface area (Å²) in [4.78, 5) is 0. The maximum atomic E-state index is 13.2. The molecule has 0 heterocycles. The Balaban J connectivity index is 3.11. The molecule has 0 radical (unpaired) electrons. The molecular weight excluding hydrogens is 285 g/mol. The molecule has 0 fully saturated rings.